The van der Waals surface area contributed by atoms with Gasteiger partial charge in [-0.3, -0.25) is 19.5 Å². The molecule has 0 aromatic carbocycles. The number of carboxylic acids is 1. The second kappa shape index (κ2) is 13.4. The molecule has 1 saturated heterocycles. The number of aliphatic carboxylic acids is 1. The Morgan fingerprint density at radius 3 is 2.55 bits per heavy atom. The van der Waals surface area contributed by atoms with Crippen LogP contribution < -0.4 is 16.1 Å². The number of alkyl carbamates (subject to hydrolysis) is 1. The number of methoxy groups -OCH3 is 1. The summed E-state index contributed by atoms with van der Waals surface area (Å²) in [4.78, 5) is 39.2. The van der Waals surface area contributed by atoms with Crippen LogP contribution in [0.2, 0.25) is 0 Å². The van der Waals surface area contributed by atoms with E-state index < -0.39 is 35.7 Å². The zero-order chi connectivity index (χ0) is 25.2. The number of amides is 2. The fourth-order valence-corrected chi connectivity index (χ4v) is 3.26. The Labute approximate surface area is 196 Å². The maximum absolute atomic E-state index is 13.3. The molecule has 33 heavy (non-hydrogen) atoms. The van der Waals surface area contributed by atoms with E-state index in [1.807, 2.05) is 18.7 Å². The Kier molecular flexibility index (Phi) is 11.6. The largest absolute Gasteiger partial charge is 0.480 e. The summed E-state index contributed by atoms with van der Waals surface area (Å²) in [6, 6.07) is -1.79. The third kappa shape index (κ3) is 10.4. The van der Waals surface area contributed by atoms with Crippen molar-refractivity contribution >= 4 is 18.0 Å². The number of hydrazine groups is 1. The van der Waals surface area contributed by atoms with Crippen molar-refractivity contribution in [2.24, 2.45) is 0 Å². The summed E-state index contributed by atoms with van der Waals surface area (Å²) in [5, 5.41) is 16.5. The zero-order valence-corrected chi connectivity index (χ0v) is 20.8. The molecule has 190 valence electrons. The molecule has 2 amide bonds. The van der Waals surface area contributed by atoms with Gasteiger partial charge >= 0.3 is 12.1 Å². The predicted octanol–water partition coefficient (Wildman–Crippen LogP) is 1.27. The van der Waals surface area contributed by atoms with Crippen LogP contribution in [0.3, 0.4) is 0 Å². The molecule has 0 aromatic rings. The van der Waals surface area contributed by atoms with Gasteiger partial charge in [-0.05, 0) is 53.5 Å². The van der Waals surface area contributed by atoms with Crippen molar-refractivity contribution in [3.05, 3.63) is 12.3 Å². The van der Waals surface area contributed by atoms with Gasteiger partial charge in [0.2, 0.25) is 0 Å². The molecule has 1 aliphatic rings. The van der Waals surface area contributed by atoms with Crippen LogP contribution in [0.5, 0.6) is 0 Å². The molecular formula is C22H41N5O6. The average Bonchev–Trinajstić information content (AvgIpc) is 2.74. The Balaban J connectivity index is 2.98. The summed E-state index contributed by atoms with van der Waals surface area (Å²) in [5.74, 6) is -1.44. The van der Waals surface area contributed by atoms with Crippen molar-refractivity contribution < 1.29 is 29.0 Å². The van der Waals surface area contributed by atoms with E-state index >= 15 is 0 Å². The zero-order valence-electron chi connectivity index (χ0n) is 20.8. The van der Waals surface area contributed by atoms with E-state index in [-0.39, 0.29) is 12.6 Å². The summed E-state index contributed by atoms with van der Waals surface area (Å²) < 4.78 is 10.6. The summed E-state index contributed by atoms with van der Waals surface area (Å²) in [5.41, 5.74) is 2.73. The molecule has 1 rings (SSSR count). The Morgan fingerprint density at radius 1 is 1.33 bits per heavy atom. The molecule has 0 aliphatic carbocycles. The van der Waals surface area contributed by atoms with Crippen molar-refractivity contribution in [1.29, 1.82) is 0 Å². The number of rotatable bonds is 12. The molecule has 0 saturated carbocycles. The van der Waals surface area contributed by atoms with E-state index in [0.717, 1.165) is 6.42 Å². The third-order valence-corrected chi connectivity index (χ3v) is 5.09. The lowest BCUT2D eigenvalue weighted by Gasteiger charge is -2.36. The normalized spacial score (nSPS) is 18.4. The highest BCUT2D eigenvalue weighted by molar-refractivity contribution is 5.86. The van der Waals surface area contributed by atoms with Gasteiger partial charge in [0.15, 0.2) is 0 Å². The Morgan fingerprint density at radius 2 is 2.00 bits per heavy atom. The van der Waals surface area contributed by atoms with E-state index in [0.29, 0.717) is 38.3 Å². The van der Waals surface area contributed by atoms with Gasteiger partial charge in [0.25, 0.3) is 5.91 Å². The van der Waals surface area contributed by atoms with Crippen LogP contribution in [0.1, 0.15) is 53.9 Å². The highest BCUT2D eigenvalue weighted by Gasteiger charge is 2.34. The molecular weight excluding hydrogens is 430 g/mol. The minimum absolute atomic E-state index is 0.184. The van der Waals surface area contributed by atoms with Gasteiger partial charge in [-0.25, -0.2) is 10.2 Å². The van der Waals surface area contributed by atoms with Gasteiger partial charge in [-0.2, -0.15) is 0 Å². The molecule has 3 atom stereocenters. The van der Waals surface area contributed by atoms with Gasteiger partial charge < -0.3 is 25.2 Å². The lowest BCUT2D eigenvalue weighted by Crippen LogP contribution is -2.62. The molecule has 0 aromatic heterocycles. The number of nitrogens with one attached hydrogen (secondary N) is 3. The molecule has 1 aliphatic heterocycles. The van der Waals surface area contributed by atoms with Crippen molar-refractivity contribution in [2.75, 3.05) is 33.4 Å². The van der Waals surface area contributed by atoms with E-state index in [4.69, 9.17) is 9.47 Å². The first-order valence-corrected chi connectivity index (χ1v) is 11.4. The van der Waals surface area contributed by atoms with E-state index in [9.17, 15) is 19.5 Å². The van der Waals surface area contributed by atoms with Crippen LogP contribution in [0.4, 0.5) is 4.79 Å². The van der Waals surface area contributed by atoms with Crippen LogP contribution >= 0.6 is 0 Å². The number of carboxylic acid groups (broad SMARTS) is 1. The number of hydrogen-bond acceptors (Lipinski definition) is 8. The fraction of sp³-hybridized carbons (Fsp3) is 0.773. The molecule has 1 heterocycles. The number of hydrogen-bond donors (Lipinski definition) is 4. The lowest BCUT2D eigenvalue weighted by molar-refractivity contribution is -0.148. The first kappa shape index (κ1) is 28.7. The maximum Gasteiger partial charge on any atom is 0.408 e. The van der Waals surface area contributed by atoms with Gasteiger partial charge in [0.1, 0.15) is 17.7 Å². The summed E-state index contributed by atoms with van der Waals surface area (Å²) in [6.45, 7) is 14.7. The smallest absolute Gasteiger partial charge is 0.408 e. The summed E-state index contributed by atoms with van der Waals surface area (Å²) in [6.07, 6.45) is 0.897. The van der Waals surface area contributed by atoms with Crippen LogP contribution in [0, 0.1) is 0 Å². The van der Waals surface area contributed by atoms with Gasteiger partial charge in [0.05, 0.1) is 12.8 Å². The first-order valence-electron chi connectivity index (χ1n) is 11.4. The number of ether oxygens (including phenoxy) is 2. The minimum Gasteiger partial charge on any atom is -0.480 e. The predicted molar refractivity (Wildman–Crippen MR) is 124 cm³/mol. The monoisotopic (exact) mass is 471 g/mol. The molecule has 0 radical (unpaired) electrons. The van der Waals surface area contributed by atoms with Gasteiger partial charge in [-0.15, -0.1) is 0 Å². The third-order valence-electron chi connectivity index (χ3n) is 5.09. The van der Waals surface area contributed by atoms with E-state index in [1.54, 1.807) is 27.9 Å². The van der Waals surface area contributed by atoms with Crippen molar-refractivity contribution in [3.8, 4) is 0 Å². The Bertz CT molecular complexity index is 681. The molecule has 0 bridgehead atoms. The molecule has 11 nitrogen and oxygen atoms in total. The van der Waals surface area contributed by atoms with Crippen molar-refractivity contribution in [3.63, 3.8) is 0 Å². The second-order valence-electron chi connectivity index (χ2n) is 9.17. The second-order valence-corrected chi connectivity index (χ2v) is 9.17. The summed E-state index contributed by atoms with van der Waals surface area (Å²) >= 11 is 0. The number of carbonyl (C=O) groups is 3. The highest BCUT2D eigenvalue weighted by atomic mass is 16.6. The van der Waals surface area contributed by atoms with Crippen LogP contribution in [0.15, 0.2) is 12.3 Å². The number of nitrogens with zero attached hydrogens (tertiary/aromatic N) is 2. The maximum atomic E-state index is 13.3. The molecule has 11 heteroatoms. The SMILES string of the molecule is C=C(NCN(CCC)C[C@H](NC(=O)OC(C)(C)C)C(=O)N1CCC[C@@H](C(=O)O)N1)[C@H](C)OC. The molecule has 1 fully saturated rings. The Hall–Kier alpha value is -2.37. The molecule has 0 unspecified atom stereocenters. The lowest BCUT2D eigenvalue weighted by atomic mass is 10.1. The molecule has 0 spiro atoms. The molecule has 4 N–H and O–H groups in total. The van der Waals surface area contributed by atoms with Gasteiger partial charge in [0, 0.05) is 25.9 Å². The topological polar surface area (TPSA) is 132 Å². The van der Waals surface area contributed by atoms with Crippen molar-refractivity contribution in [1.82, 2.24) is 26.0 Å². The van der Waals surface area contributed by atoms with Crippen molar-refractivity contribution in [2.45, 2.75) is 77.7 Å². The van der Waals surface area contributed by atoms with Crippen LogP contribution in [-0.4, -0.2) is 90.2 Å². The quantitative estimate of drug-likeness (QED) is 0.311. The minimum atomic E-state index is -1.02. The van der Waals surface area contributed by atoms with Crippen LogP contribution in [-0.2, 0) is 19.1 Å². The summed E-state index contributed by atoms with van der Waals surface area (Å²) in [7, 11) is 1.59. The highest BCUT2D eigenvalue weighted by Crippen LogP contribution is 2.11. The van der Waals surface area contributed by atoms with E-state index in [1.165, 1.54) is 5.01 Å². The standard InChI is InChI=1S/C22H41N5O6/c1-8-11-26(14-23-15(2)16(3)32-7)13-18(24-21(31)33-22(4,5)6)19(28)27-12-9-10-17(25-27)20(29)30/h16-18,23,25H,2,8-14H2,1,3-7H3,(H,24,31)(H,29,30)/t16-,17-,18-/m0/s1. The van der Waals surface area contributed by atoms with E-state index in [2.05, 4.69) is 22.6 Å². The van der Waals surface area contributed by atoms with Gasteiger partial charge in [-0.1, -0.05) is 13.5 Å². The van der Waals surface area contributed by atoms with Crippen LogP contribution in [0.25, 0.3) is 0 Å². The first-order chi connectivity index (χ1) is 15.4. The number of carbonyl (C=O) groups excluding carboxylic acids is 2. The fourth-order valence-electron chi connectivity index (χ4n) is 3.26. The average molecular weight is 472 g/mol.